The minimum atomic E-state index is 0.457. The van der Waals surface area contributed by atoms with Crippen LogP contribution in [-0.4, -0.2) is 12.6 Å². The molecule has 0 aliphatic carbocycles. The molecule has 2 rings (SSSR count). The van der Waals surface area contributed by atoms with Crippen LogP contribution in [0.5, 0.6) is 0 Å². The van der Waals surface area contributed by atoms with Gasteiger partial charge in [0.05, 0.1) is 10.0 Å². The van der Waals surface area contributed by atoms with Crippen LogP contribution in [0.3, 0.4) is 0 Å². The van der Waals surface area contributed by atoms with E-state index in [1.807, 2.05) is 18.2 Å². The third kappa shape index (κ3) is 3.50. The average Bonchev–Trinajstić information content (AvgIpc) is 2.41. The lowest BCUT2D eigenvalue weighted by atomic mass is 9.90. The van der Waals surface area contributed by atoms with Crippen molar-refractivity contribution in [3.63, 3.8) is 0 Å². The molecule has 0 aromatic heterocycles. The van der Waals surface area contributed by atoms with Crippen LogP contribution in [-0.2, 0) is 0 Å². The van der Waals surface area contributed by atoms with Crippen LogP contribution < -0.4 is 5.32 Å². The van der Waals surface area contributed by atoms with Gasteiger partial charge in [0.15, 0.2) is 0 Å². The fourth-order valence-electron chi connectivity index (χ4n) is 2.42. The second-order valence-electron chi connectivity index (χ2n) is 4.86. The van der Waals surface area contributed by atoms with Crippen molar-refractivity contribution in [1.29, 1.82) is 0 Å². The molecule has 0 spiro atoms. The van der Waals surface area contributed by atoms with Gasteiger partial charge in [0, 0.05) is 6.04 Å². The average molecular weight is 284 g/mol. The Morgan fingerprint density at radius 3 is 3.00 bits per heavy atom. The van der Waals surface area contributed by atoms with Gasteiger partial charge in [0.25, 0.3) is 0 Å². The molecule has 2 unspecified atom stereocenters. The van der Waals surface area contributed by atoms with E-state index in [9.17, 15) is 0 Å². The second kappa shape index (κ2) is 6.60. The molecule has 1 aromatic carbocycles. The zero-order valence-electron chi connectivity index (χ0n) is 10.6. The Balaban J connectivity index is 2.04. The summed E-state index contributed by atoms with van der Waals surface area (Å²) in [5.74, 6) is 0.843. The highest BCUT2D eigenvalue weighted by atomic mass is 35.5. The Labute approximate surface area is 119 Å². The molecule has 0 radical (unpaired) electrons. The van der Waals surface area contributed by atoms with Gasteiger partial charge in [-0.25, -0.2) is 0 Å². The summed E-state index contributed by atoms with van der Waals surface area (Å²) < 4.78 is 0. The third-order valence-electron chi connectivity index (χ3n) is 3.61. The molecule has 1 aromatic rings. The zero-order valence-corrected chi connectivity index (χ0v) is 12.1. The predicted octanol–water partition coefficient (Wildman–Crippen LogP) is 4.78. The molecule has 1 N–H and O–H groups in total. The maximum absolute atomic E-state index is 6.16. The highest BCUT2D eigenvalue weighted by molar-refractivity contribution is 6.42. The van der Waals surface area contributed by atoms with Gasteiger partial charge < -0.3 is 5.32 Å². The first kappa shape index (κ1) is 13.9. The van der Waals surface area contributed by atoms with Gasteiger partial charge in [0.1, 0.15) is 0 Å². The highest BCUT2D eigenvalue weighted by Gasteiger charge is 2.17. The molecule has 0 saturated carbocycles. The molecule has 1 nitrogen and oxygen atoms in total. The smallest absolute Gasteiger partial charge is 0.0664 e. The summed E-state index contributed by atoms with van der Waals surface area (Å²) in [5, 5.41) is 4.77. The molecule has 1 fully saturated rings. The highest BCUT2D eigenvalue weighted by Crippen LogP contribution is 2.27. The number of hydrogen-bond acceptors (Lipinski definition) is 1. The summed E-state index contributed by atoms with van der Waals surface area (Å²) in [7, 11) is 0. The van der Waals surface area contributed by atoms with E-state index < -0.39 is 0 Å². The standard InChI is InChI=1S/C15H19Cl2N/c1-2-11-8-9-18-13(10-11)7-6-12-4-3-5-14(16)15(12)17/h3-7,11,13,18H,2,8-10H2,1H3/b7-6+. The van der Waals surface area contributed by atoms with Crippen molar-refractivity contribution in [2.75, 3.05) is 6.54 Å². The monoisotopic (exact) mass is 283 g/mol. The summed E-state index contributed by atoms with van der Waals surface area (Å²) in [6.07, 6.45) is 8.05. The van der Waals surface area contributed by atoms with Gasteiger partial charge in [-0.05, 0) is 36.9 Å². The molecule has 0 bridgehead atoms. The first-order valence-electron chi connectivity index (χ1n) is 6.56. The molecule has 1 aliphatic rings. The van der Waals surface area contributed by atoms with Crippen LogP contribution in [0, 0.1) is 5.92 Å². The van der Waals surface area contributed by atoms with Gasteiger partial charge in [-0.15, -0.1) is 0 Å². The molecule has 3 heteroatoms. The van der Waals surface area contributed by atoms with Crippen molar-refractivity contribution >= 4 is 29.3 Å². The van der Waals surface area contributed by atoms with E-state index in [4.69, 9.17) is 23.2 Å². The third-order valence-corrected chi connectivity index (χ3v) is 4.45. The van der Waals surface area contributed by atoms with Crippen LogP contribution in [0.25, 0.3) is 6.08 Å². The number of halogens is 2. The van der Waals surface area contributed by atoms with Crippen molar-refractivity contribution in [1.82, 2.24) is 5.32 Å². The van der Waals surface area contributed by atoms with E-state index >= 15 is 0 Å². The maximum atomic E-state index is 6.16. The fourth-order valence-corrected chi connectivity index (χ4v) is 2.79. The van der Waals surface area contributed by atoms with Crippen LogP contribution in [0.4, 0.5) is 0 Å². The van der Waals surface area contributed by atoms with Crippen molar-refractivity contribution in [3.8, 4) is 0 Å². The summed E-state index contributed by atoms with van der Waals surface area (Å²) in [6.45, 7) is 3.38. The lowest BCUT2D eigenvalue weighted by Gasteiger charge is -2.27. The van der Waals surface area contributed by atoms with Crippen molar-refractivity contribution < 1.29 is 0 Å². The molecule has 1 aliphatic heterocycles. The van der Waals surface area contributed by atoms with E-state index in [-0.39, 0.29) is 0 Å². The number of piperidine rings is 1. The fraction of sp³-hybridized carbons (Fsp3) is 0.467. The number of hydrogen-bond donors (Lipinski definition) is 1. The van der Waals surface area contributed by atoms with Crippen LogP contribution in [0.1, 0.15) is 31.7 Å². The second-order valence-corrected chi connectivity index (χ2v) is 5.65. The van der Waals surface area contributed by atoms with Gasteiger partial charge in [-0.1, -0.05) is 60.8 Å². The molecule has 0 amide bonds. The van der Waals surface area contributed by atoms with E-state index in [1.165, 1.54) is 19.3 Å². The Kier molecular flexibility index (Phi) is 5.11. The first-order valence-corrected chi connectivity index (χ1v) is 7.32. The van der Waals surface area contributed by atoms with Gasteiger partial charge in [-0.2, -0.15) is 0 Å². The van der Waals surface area contributed by atoms with Crippen molar-refractivity contribution in [2.24, 2.45) is 5.92 Å². The predicted molar refractivity (Wildman–Crippen MR) is 80.3 cm³/mol. The molecular formula is C15H19Cl2N. The van der Waals surface area contributed by atoms with Crippen LogP contribution >= 0.6 is 23.2 Å². The summed E-state index contributed by atoms with van der Waals surface area (Å²) >= 11 is 12.2. The number of nitrogens with one attached hydrogen (secondary N) is 1. The maximum Gasteiger partial charge on any atom is 0.0664 e. The minimum absolute atomic E-state index is 0.457. The minimum Gasteiger partial charge on any atom is -0.310 e. The van der Waals surface area contributed by atoms with Gasteiger partial charge in [0.2, 0.25) is 0 Å². The molecule has 2 atom stereocenters. The molecule has 1 heterocycles. The molecule has 98 valence electrons. The quantitative estimate of drug-likeness (QED) is 0.841. The molecule has 1 saturated heterocycles. The van der Waals surface area contributed by atoms with E-state index in [2.05, 4.69) is 24.4 Å². The van der Waals surface area contributed by atoms with Crippen LogP contribution in [0.2, 0.25) is 10.0 Å². The lowest BCUT2D eigenvalue weighted by Crippen LogP contribution is -2.36. The lowest BCUT2D eigenvalue weighted by molar-refractivity contribution is 0.326. The Hall–Kier alpha value is -0.500. The first-order chi connectivity index (χ1) is 8.70. The van der Waals surface area contributed by atoms with Gasteiger partial charge >= 0.3 is 0 Å². The molecular weight excluding hydrogens is 265 g/mol. The summed E-state index contributed by atoms with van der Waals surface area (Å²) in [4.78, 5) is 0. The normalized spacial score (nSPS) is 24.6. The SMILES string of the molecule is CCC1CCNC(/C=C/c2cccc(Cl)c2Cl)C1. The van der Waals surface area contributed by atoms with E-state index in [1.54, 1.807) is 0 Å². The summed E-state index contributed by atoms with van der Waals surface area (Å²) in [5.41, 5.74) is 0.990. The van der Waals surface area contributed by atoms with Crippen LogP contribution in [0.15, 0.2) is 24.3 Å². The zero-order chi connectivity index (χ0) is 13.0. The topological polar surface area (TPSA) is 12.0 Å². The van der Waals surface area contributed by atoms with Crippen molar-refractivity contribution in [3.05, 3.63) is 39.9 Å². The largest absolute Gasteiger partial charge is 0.310 e. The Bertz CT molecular complexity index is 429. The summed E-state index contributed by atoms with van der Waals surface area (Å²) in [6, 6.07) is 6.19. The van der Waals surface area contributed by atoms with E-state index in [0.717, 1.165) is 18.0 Å². The van der Waals surface area contributed by atoms with Gasteiger partial charge in [-0.3, -0.25) is 0 Å². The van der Waals surface area contributed by atoms with E-state index in [0.29, 0.717) is 16.1 Å². The van der Waals surface area contributed by atoms with Crippen molar-refractivity contribution in [2.45, 2.75) is 32.2 Å². The Morgan fingerprint density at radius 1 is 1.39 bits per heavy atom. The number of rotatable bonds is 3. The number of benzene rings is 1. The Morgan fingerprint density at radius 2 is 2.22 bits per heavy atom. The molecule has 18 heavy (non-hydrogen) atoms.